The average molecular weight is 232 g/mol. The highest BCUT2D eigenvalue weighted by atomic mass is 16.4. The number of aryl methyl sites for hydroxylation is 1. The maximum atomic E-state index is 11.0. The summed E-state index contributed by atoms with van der Waals surface area (Å²) in [6, 6.07) is 5.28. The lowest BCUT2D eigenvalue weighted by molar-refractivity contribution is 0.0697. The first-order chi connectivity index (χ1) is 8.17. The third-order valence-corrected chi connectivity index (χ3v) is 2.92. The zero-order valence-corrected chi connectivity index (χ0v) is 10.0. The fraction of sp³-hybridized carbons (Fsp3) is 0.308. The van der Waals surface area contributed by atoms with Crippen LogP contribution in [-0.4, -0.2) is 22.7 Å². The molecule has 4 heteroatoms. The molecule has 0 saturated heterocycles. The van der Waals surface area contributed by atoms with Crippen LogP contribution in [-0.2, 0) is 13.1 Å². The van der Waals surface area contributed by atoms with Crippen molar-refractivity contribution in [2.75, 3.05) is 7.05 Å². The Morgan fingerprint density at radius 3 is 2.82 bits per heavy atom. The van der Waals surface area contributed by atoms with E-state index in [-0.39, 0.29) is 0 Å². The molecule has 1 heterocycles. The third-order valence-electron chi connectivity index (χ3n) is 2.92. The highest BCUT2D eigenvalue weighted by Crippen LogP contribution is 2.23. The van der Waals surface area contributed by atoms with Crippen molar-refractivity contribution in [1.82, 2.24) is 9.88 Å². The quantitative estimate of drug-likeness (QED) is 0.848. The molecule has 0 aliphatic carbocycles. The number of hydrogen-bond donors (Lipinski definition) is 2. The van der Waals surface area contributed by atoms with Crippen molar-refractivity contribution in [1.29, 1.82) is 0 Å². The molecule has 2 rings (SSSR count). The summed E-state index contributed by atoms with van der Waals surface area (Å²) in [5.74, 6) is -0.883. The summed E-state index contributed by atoms with van der Waals surface area (Å²) >= 11 is 0. The van der Waals surface area contributed by atoms with Gasteiger partial charge in [0.15, 0.2) is 0 Å². The second-order valence-electron chi connectivity index (χ2n) is 4.01. The number of carbonyl (C=O) groups is 1. The summed E-state index contributed by atoms with van der Waals surface area (Å²) in [5, 5.41) is 13.2. The van der Waals surface area contributed by atoms with Gasteiger partial charge < -0.3 is 15.0 Å². The molecular weight excluding hydrogens is 216 g/mol. The minimum atomic E-state index is -0.883. The molecule has 1 aromatic heterocycles. The molecule has 4 nitrogen and oxygen atoms in total. The minimum Gasteiger partial charge on any atom is -0.478 e. The molecule has 0 bridgehead atoms. The van der Waals surface area contributed by atoms with E-state index in [4.69, 9.17) is 5.11 Å². The van der Waals surface area contributed by atoms with Crippen molar-refractivity contribution in [3.63, 3.8) is 0 Å². The predicted molar refractivity (Wildman–Crippen MR) is 67.3 cm³/mol. The van der Waals surface area contributed by atoms with Crippen molar-refractivity contribution in [3.05, 3.63) is 35.5 Å². The summed E-state index contributed by atoms with van der Waals surface area (Å²) < 4.78 is 2.08. The van der Waals surface area contributed by atoms with E-state index in [2.05, 4.69) is 23.0 Å². The molecule has 0 radical (unpaired) electrons. The van der Waals surface area contributed by atoms with Crippen molar-refractivity contribution >= 4 is 16.9 Å². The molecule has 0 saturated carbocycles. The maximum absolute atomic E-state index is 11.0. The summed E-state index contributed by atoms with van der Waals surface area (Å²) in [6.07, 6.45) is 2.08. The molecule has 0 spiro atoms. The van der Waals surface area contributed by atoms with E-state index < -0.39 is 5.97 Å². The lowest BCUT2D eigenvalue weighted by atomic mass is 10.1. The summed E-state index contributed by atoms with van der Waals surface area (Å²) in [6.45, 7) is 3.68. The number of benzene rings is 1. The topological polar surface area (TPSA) is 54.3 Å². The van der Waals surface area contributed by atoms with Gasteiger partial charge in [0.2, 0.25) is 0 Å². The second kappa shape index (κ2) is 4.59. The fourth-order valence-corrected chi connectivity index (χ4v) is 2.09. The summed E-state index contributed by atoms with van der Waals surface area (Å²) in [5.41, 5.74) is 2.51. The number of fused-ring (bicyclic) bond motifs is 1. The highest BCUT2D eigenvalue weighted by Gasteiger charge is 2.10. The minimum absolute atomic E-state index is 0.335. The van der Waals surface area contributed by atoms with E-state index >= 15 is 0 Å². The first kappa shape index (κ1) is 11.7. The molecule has 90 valence electrons. The molecule has 2 N–H and O–H groups in total. The van der Waals surface area contributed by atoms with Gasteiger partial charge in [-0.25, -0.2) is 4.79 Å². The first-order valence-corrected chi connectivity index (χ1v) is 5.67. The Morgan fingerprint density at radius 2 is 2.24 bits per heavy atom. The first-order valence-electron chi connectivity index (χ1n) is 5.67. The largest absolute Gasteiger partial charge is 0.478 e. The molecule has 2 aromatic rings. The molecular formula is C13H16N2O2. The molecule has 0 aliphatic heterocycles. The third kappa shape index (κ3) is 2.03. The fourth-order valence-electron chi connectivity index (χ4n) is 2.09. The normalized spacial score (nSPS) is 10.9. The van der Waals surface area contributed by atoms with Gasteiger partial charge in [0.05, 0.1) is 5.56 Å². The van der Waals surface area contributed by atoms with Gasteiger partial charge in [-0.2, -0.15) is 0 Å². The molecule has 0 unspecified atom stereocenters. The van der Waals surface area contributed by atoms with Gasteiger partial charge in [-0.3, -0.25) is 0 Å². The zero-order chi connectivity index (χ0) is 12.4. The van der Waals surface area contributed by atoms with Gasteiger partial charge in [-0.15, -0.1) is 0 Å². The van der Waals surface area contributed by atoms with Crippen LogP contribution in [0.5, 0.6) is 0 Å². The number of nitrogens with zero attached hydrogens (tertiary/aromatic N) is 1. The number of aromatic carboxylic acids is 1. The lowest BCUT2D eigenvalue weighted by Crippen LogP contribution is -2.04. The maximum Gasteiger partial charge on any atom is 0.335 e. The van der Waals surface area contributed by atoms with E-state index in [1.54, 1.807) is 12.1 Å². The monoisotopic (exact) mass is 232 g/mol. The van der Waals surface area contributed by atoms with Gasteiger partial charge in [-0.05, 0) is 31.7 Å². The van der Waals surface area contributed by atoms with Crippen molar-refractivity contribution in [2.45, 2.75) is 20.0 Å². The number of aromatic nitrogens is 1. The molecule has 0 atom stereocenters. The Labute approximate surface area is 99.9 Å². The Bertz CT molecular complexity index is 558. The van der Waals surface area contributed by atoms with Crippen LogP contribution in [0, 0.1) is 0 Å². The average Bonchev–Trinajstić information content (AvgIpc) is 2.67. The molecule has 0 amide bonds. The molecule has 0 fully saturated rings. The van der Waals surface area contributed by atoms with E-state index in [1.807, 2.05) is 13.1 Å². The van der Waals surface area contributed by atoms with E-state index in [0.29, 0.717) is 5.56 Å². The SMILES string of the molecule is CCn1cc(CNC)c2ccc(C(=O)O)cc21. The van der Waals surface area contributed by atoms with Crippen LogP contribution in [0.25, 0.3) is 10.9 Å². The Kier molecular flexibility index (Phi) is 3.15. The Morgan fingerprint density at radius 1 is 1.47 bits per heavy atom. The number of hydrogen-bond acceptors (Lipinski definition) is 2. The number of carboxylic acid groups (broad SMARTS) is 1. The van der Waals surface area contributed by atoms with Gasteiger partial charge in [0.1, 0.15) is 0 Å². The van der Waals surface area contributed by atoms with Gasteiger partial charge in [-0.1, -0.05) is 6.07 Å². The Hall–Kier alpha value is -1.81. The smallest absolute Gasteiger partial charge is 0.335 e. The molecule has 0 aliphatic rings. The highest BCUT2D eigenvalue weighted by molar-refractivity contribution is 5.94. The van der Waals surface area contributed by atoms with Crippen LogP contribution < -0.4 is 5.32 Å². The van der Waals surface area contributed by atoms with E-state index in [0.717, 1.165) is 24.0 Å². The van der Waals surface area contributed by atoms with Crippen LogP contribution in [0.4, 0.5) is 0 Å². The van der Waals surface area contributed by atoms with Crippen molar-refractivity contribution in [2.24, 2.45) is 0 Å². The van der Waals surface area contributed by atoms with E-state index in [1.165, 1.54) is 5.56 Å². The summed E-state index contributed by atoms with van der Waals surface area (Å²) in [7, 11) is 1.90. The molecule has 17 heavy (non-hydrogen) atoms. The van der Waals surface area contributed by atoms with Crippen LogP contribution in [0.3, 0.4) is 0 Å². The summed E-state index contributed by atoms with van der Waals surface area (Å²) in [4.78, 5) is 11.0. The van der Waals surface area contributed by atoms with Crippen LogP contribution in [0.1, 0.15) is 22.8 Å². The van der Waals surface area contributed by atoms with Crippen LogP contribution in [0.15, 0.2) is 24.4 Å². The van der Waals surface area contributed by atoms with Crippen LogP contribution in [0.2, 0.25) is 0 Å². The van der Waals surface area contributed by atoms with Crippen molar-refractivity contribution < 1.29 is 9.90 Å². The van der Waals surface area contributed by atoms with Crippen molar-refractivity contribution in [3.8, 4) is 0 Å². The number of carboxylic acids is 1. The zero-order valence-electron chi connectivity index (χ0n) is 10.0. The van der Waals surface area contributed by atoms with E-state index in [9.17, 15) is 4.79 Å². The predicted octanol–water partition coefficient (Wildman–Crippen LogP) is 2.08. The van der Waals surface area contributed by atoms with Gasteiger partial charge in [0.25, 0.3) is 0 Å². The van der Waals surface area contributed by atoms with Gasteiger partial charge >= 0.3 is 5.97 Å². The second-order valence-corrected chi connectivity index (χ2v) is 4.01. The lowest BCUT2D eigenvalue weighted by Gasteiger charge is -2.01. The number of nitrogens with one attached hydrogen (secondary N) is 1. The van der Waals surface area contributed by atoms with Gasteiger partial charge in [0, 0.05) is 30.2 Å². The standard InChI is InChI=1S/C13H16N2O2/c1-3-15-8-10(7-14-2)11-5-4-9(13(16)17)6-12(11)15/h4-6,8,14H,3,7H2,1-2H3,(H,16,17). The van der Waals surface area contributed by atoms with Crippen LogP contribution >= 0.6 is 0 Å². The molecule has 1 aromatic carbocycles. The number of rotatable bonds is 4. The Balaban J connectivity index is 2.63.